The lowest BCUT2D eigenvalue weighted by molar-refractivity contribution is -0.305. The Balaban J connectivity index is 1.73. The molecule has 0 bridgehead atoms. The van der Waals surface area contributed by atoms with Crippen molar-refractivity contribution in [2.24, 2.45) is 0 Å². The Labute approximate surface area is 145 Å². The maximum atomic E-state index is 12.2. The Hall–Kier alpha value is -2.77. The Kier molecular flexibility index (Phi) is 6.62. The van der Waals surface area contributed by atoms with Gasteiger partial charge in [-0.3, -0.25) is 9.59 Å². The topological polar surface area (TPSA) is 99.2 Å². The van der Waals surface area contributed by atoms with Crippen LogP contribution in [-0.4, -0.2) is 67.5 Å². The summed E-state index contributed by atoms with van der Waals surface area (Å²) in [6.45, 7) is 1.51. The number of piperazine rings is 1. The van der Waals surface area contributed by atoms with Gasteiger partial charge in [0, 0.05) is 38.6 Å². The third-order valence-electron chi connectivity index (χ3n) is 3.95. The van der Waals surface area contributed by atoms with Crippen molar-refractivity contribution in [1.82, 2.24) is 9.80 Å². The molecular weight excluding hydrogens is 328 g/mol. The van der Waals surface area contributed by atoms with E-state index in [1.54, 1.807) is 41.2 Å². The number of aliphatic carboxylic acids is 1. The summed E-state index contributed by atoms with van der Waals surface area (Å²) in [5.41, 5.74) is 0. The van der Waals surface area contributed by atoms with E-state index in [4.69, 9.17) is 9.47 Å². The molecule has 25 heavy (non-hydrogen) atoms. The van der Waals surface area contributed by atoms with Gasteiger partial charge in [0.25, 0.3) is 5.91 Å². The molecule has 0 saturated carbocycles. The molecule has 0 atom stereocenters. The number of amides is 2. The van der Waals surface area contributed by atoms with E-state index in [0.29, 0.717) is 37.7 Å². The quantitative estimate of drug-likeness (QED) is 0.644. The predicted octanol–water partition coefficient (Wildman–Crippen LogP) is -0.725. The van der Waals surface area contributed by atoms with Crippen LogP contribution in [0.4, 0.5) is 0 Å². The number of hydrogen-bond donors (Lipinski definition) is 0. The number of benzene rings is 1. The molecule has 0 radical (unpaired) electrons. The van der Waals surface area contributed by atoms with Gasteiger partial charge < -0.3 is 29.2 Å². The van der Waals surface area contributed by atoms with E-state index >= 15 is 0 Å². The molecule has 1 aliphatic rings. The van der Waals surface area contributed by atoms with Crippen LogP contribution in [0.3, 0.4) is 0 Å². The molecule has 1 heterocycles. The number of ether oxygens (including phenoxy) is 2. The average molecular weight is 349 g/mol. The maximum absolute atomic E-state index is 12.2. The summed E-state index contributed by atoms with van der Waals surface area (Å²) in [6, 6.07) is 6.94. The second kappa shape index (κ2) is 8.91. The minimum Gasteiger partial charge on any atom is -0.550 e. The van der Waals surface area contributed by atoms with Crippen molar-refractivity contribution in [3.63, 3.8) is 0 Å². The molecule has 0 aromatic heterocycles. The number of carbonyl (C=O) groups is 3. The fourth-order valence-corrected chi connectivity index (χ4v) is 2.48. The molecule has 8 nitrogen and oxygen atoms in total. The van der Waals surface area contributed by atoms with Gasteiger partial charge >= 0.3 is 0 Å². The molecule has 1 aromatic rings. The minimum absolute atomic E-state index is 0.0726. The van der Waals surface area contributed by atoms with E-state index in [2.05, 4.69) is 0 Å². The zero-order valence-electron chi connectivity index (χ0n) is 14.1. The number of carboxylic acids is 1. The smallest absolute Gasteiger partial charge is 0.260 e. The molecule has 1 aromatic carbocycles. The van der Waals surface area contributed by atoms with Gasteiger partial charge in [-0.05, 0) is 30.7 Å². The van der Waals surface area contributed by atoms with E-state index in [1.165, 1.54) is 0 Å². The number of methoxy groups -OCH3 is 1. The molecular formula is C17H21N2O6-. The number of hydrogen-bond acceptors (Lipinski definition) is 6. The van der Waals surface area contributed by atoms with Crippen molar-refractivity contribution in [3.05, 3.63) is 24.3 Å². The van der Waals surface area contributed by atoms with Gasteiger partial charge in [-0.15, -0.1) is 0 Å². The largest absolute Gasteiger partial charge is 0.550 e. The molecule has 2 rings (SSSR count). The van der Waals surface area contributed by atoms with E-state index in [-0.39, 0.29) is 31.3 Å². The van der Waals surface area contributed by atoms with Crippen LogP contribution in [0, 0.1) is 0 Å². The highest BCUT2D eigenvalue weighted by Crippen LogP contribution is 2.17. The Morgan fingerprint density at radius 1 is 0.920 bits per heavy atom. The normalized spacial score (nSPS) is 14.1. The van der Waals surface area contributed by atoms with Crippen LogP contribution in [0.1, 0.15) is 12.8 Å². The first kappa shape index (κ1) is 18.6. The Bertz CT molecular complexity index is 608. The lowest BCUT2D eigenvalue weighted by Gasteiger charge is -2.34. The van der Waals surface area contributed by atoms with Gasteiger partial charge in [0.15, 0.2) is 6.61 Å². The first-order valence-corrected chi connectivity index (χ1v) is 8.02. The molecule has 1 aliphatic heterocycles. The summed E-state index contributed by atoms with van der Waals surface area (Å²) >= 11 is 0. The number of nitrogens with zero attached hydrogens (tertiary/aromatic N) is 2. The van der Waals surface area contributed by atoms with Crippen LogP contribution in [0.5, 0.6) is 11.5 Å². The molecule has 0 N–H and O–H groups in total. The van der Waals surface area contributed by atoms with E-state index < -0.39 is 5.97 Å². The van der Waals surface area contributed by atoms with Crippen molar-refractivity contribution in [2.45, 2.75) is 12.8 Å². The Morgan fingerprint density at radius 3 is 1.96 bits per heavy atom. The summed E-state index contributed by atoms with van der Waals surface area (Å²) in [7, 11) is 1.57. The van der Waals surface area contributed by atoms with Gasteiger partial charge in [-0.1, -0.05) is 0 Å². The monoisotopic (exact) mass is 349 g/mol. The SMILES string of the molecule is COc1ccc(OCC(=O)N2CCN(C(=O)CCC(=O)[O-])CC2)cc1. The average Bonchev–Trinajstić information content (AvgIpc) is 2.64. The third kappa shape index (κ3) is 5.66. The van der Waals surface area contributed by atoms with Crippen LogP contribution in [0.15, 0.2) is 24.3 Å². The highest BCUT2D eigenvalue weighted by atomic mass is 16.5. The Morgan fingerprint density at radius 2 is 1.44 bits per heavy atom. The summed E-state index contributed by atoms with van der Waals surface area (Å²) in [5, 5.41) is 10.4. The number of carbonyl (C=O) groups excluding carboxylic acids is 3. The molecule has 0 aliphatic carbocycles. The molecule has 2 amide bonds. The standard InChI is InChI=1S/C17H22N2O6/c1-24-13-2-4-14(5-3-13)25-12-16(21)19-10-8-18(9-11-19)15(20)6-7-17(22)23/h2-5H,6-12H2,1H3,(H,22,23)/p-1. The zero-order chi connectivity index (χ0) is 18.2. The fourth-order valence-electron chi connectivity index (χ4n) is 2.48. The molecule has 1 fully saturated rings. The van der Waals surface area contributed by atoms with Crippen LogP contribution in [-0.2, 0) is 14.4 Å². The lowest BCUT2D eigenvalue weighted by Crippen LogP contribution is -2.51. The highest BCUT2D eigenvalue weighted by molar-refractivity contribution is 5.81. The number of carboxylic acid groups (broad SMARTS) is 1. The zero-order valence-corrected chi connectivity index (χ0v) is 14.1. The molecule has 1 saturated heterocycles. The van der Waals surface area contributed by atoms with Crippen LogP contribution < -0.4 is 14.6 Å². The van der Waals surface area contributed by atoms with E-state index in [0.717, 1.165) is 0 Å². The third-order valence-corrected chi connectivity index (χ3v) is 3.95. The number of rotatable bonds is 7. The summed E-state index contributed by atoms with van der Waals surface area (Å²) in [4.78, 5) is 37.6. The maximum Gasteiger partial charge on any atom is 0.260 e. The van der Waals surface area contributed by atoms with E-state index in [1.807, 2.05) is 0 Å². The first-order valence-electron chi connectivity index (χ1n) is 8.02. The molecule has 8 heteroatoms. The van der Waals surface area contributed by atoms with Crippen molar-refractivity contribution < 1.29 is 29.0 Å². The van der Waals surface area contributed by atoms with Crippen LogP contribution in [0.25, 0.3) is 0 Å². The van der Waals surface area contributed by atoms with Gasteiger partial charge in [0.1, 0.15) is 11.5 Å². The van der Waals surface area contributed by atoms with E-state index in [9.17, 15) is 19.5 Å². The summed E-state index contributed by atoms with van der Waals surface area (Å²) in [5.74, 6) is -0.343. The van der Waals surface area contributed by atoms with Gasteiger partial charge in [-0.25, -0.2) is 0 Å². The van der Waals surface area contributed by atoms with Crippen molar-refractivity contribution >= 4 is 17.8 Å². The summed E-state index contributed by atoms with van der Waals surface area (Å²) in [6.07, 6.45) is -0.357. The van der Waals surface area contributed by atoms with Crippen LogP contribution in [0.2, 0.25) is 0 Å². The second-order valence-electron chi connectivity index (χ2n) is 5.60. The van der Waals surface area contributed by atoms with Crippen LogP contribution >= 0.6 is 0 Å². The van der Waals surface area contributed by atoms with Gasteiger partial charge in [0.2, 0.25) is 5.91 Å². The van der Waals surface area contributed by atoms with Gasteiger partial charge in [0.05, 0.1) is 7.11 Å². The highest BCUT2D eigenvalue weighted by Gasteiger charge is 2.24. The molecule has 0 spiro atoms. The lowest BCUT2D eigenvalue weighted by atomic mass is 10.2. The fraction of sp³-hybridized carbons (Fsp3) is 0.471. The molecule has 136 valence electrons. The predicted molar refractivity (Wildman–Crippen MR) is 85.9 cm³/mol. The first-order chi connectivity index (χ1) is 12.0. The summed E-state index contributed by atoms with van der Waals surface area (Å²) < 4.78 is 10.5. The van der Waals surface area contributed by atoms with Crippen molar-refractivity contribution in [1.29, 1.82) is 0 Å². The van der Waals surface area contributed by atoms with Gasteiger partial charge in [-0.2, -0.15) is 0 Å². The second-order valence-corrected chi connectivity index (χ2v) is 5.60. The van der Waals surface area contributed by atoms with Crippen molar-refractivity contribution in [2.75, 3.05) is 39.9 Å². The minimum atomic E-state index is -1.24. The van der Waals surface area contributed by atoms with Crippen molar-refractivity contribution in [3.8, 4) is 11.5 Å². The molecule has 0 unspecified atom stereocenters.